The Balaban J connectivity index is 1.37. The molecule has 4 rings (SSSR count). The van der Waals surface area contributed by atoms with Gasteiger partial charge in [0.1, 0.15) is 5.69 Å². The summed E-state index contributed by atoms with van der Waals surface area (Å²) in [7, 11) is 3.77. The topological polar surface area (TPSA) is 54.5 Å². The van der Waals surface area contributed by atoms with E-state index in [2.05, 4.69) is 48.5 Å². The summed E-state index contributed by atoms with van der Waals surface area (Å²) >= 11 is 7.32. The zero-order chi connectivity index (χ0) is 25.5. The molecule has 0 bridgehead atoms. The molecule has 1 amide bonds. The minimum Gasteiger partial charge on any atom is -0.383 e. The second-order valence-electron chi connectivity index (χ2n) is 9.42. The minimum absolute atomic E-state index is 0.162. The van der Waals surface area contributed by atoms with Crippen LogP contribution in [0, 0.1) is 5.92 Å². The van der Waals surface area contributed by atoms with Crippen molar-refractivity contribution in [3.63, 3.8) is 0 Å². The SMILES string of the molecule is CCc1ccc(-c2ccccc2NC(=O)c2csc(C3CCC(C(=S)N(C)CCOC)CC3)n2)cc1. The van der Waals surface area contributed by atoms with Crippen LogP contribution in [-0.4, -0.2) is 48.1 Å². The maximum atomic E-state index is 13.1. The molecule has 190 valence electrons. The van der Waals surface area contributed by atoms with Gasteiger partial charge in [0.2, 0.25) is 0 Å². The Morgan fingerprint density at radius 2 is 1.86 bits per heavy atom. The van der Waals surface area contributed by atoms with Crippen molar-refractivity contribution >= 4 is 40.1 Å². The van der Waals surface area contributed by atoms with E-state index in [0.717, 1.165) is 65.5 Å². The number of nitrogens with zero attached hydrogens (tertiary/aromatic N) is 2. The van der Waals surface area contributed by atoms with Crippen molar-refractivity contribution < 1.29 is 9.53 Å². The van der Waals surface area contributed by atoms with E-state index in [1.165, 1.54) is 5.56 Å². The monoisotopic (exact) mass is 521 g/mol. The summed E-state index contributed by atoms with van der Waals surface area (Å²) in [5.41, 5.74) is 4.68. The number of nitrogens with one attached hydrogen (secondary N) is 1. The number of para-hydroxylation sites is 1. The summed E-state index contributed by atoms with van der Waals surface area (Å²) in [6.45, 7) is 3.66. The van der Waals surface area contributed by atoms with Crippen LogP contribution >= 0.6 is 23.6 Å². The van der Waals surface area contributed by atoms with Crippen LogP contribution in [0.1, 0.15) is 59.6 Å². The van der Waals surface area contributed by atoms with Gasteiger partial charge in [-0.05, 0) is 49.3 Å². The van der Waals surface area contributed by atoms with Gasteiger partial charge in [-0.3, -0.25) is 4.79 Å². The molecule has 5 nitrogen and oxygen atoms in total. The molecule has 1 aliphatic carbocycles. The van der Waals surface area contributed by atoms with Crippen LogP contribution in [0.5, 0.6) is 0 Å². The van der Waals surface area contributed by atoms with Gasteiger partial charge in [0.25, 0.3) is 5.91 Å². The summed E-state index contributed by atoms with van der Waals surface area (Å²) in [5.74, 6) is 0.665. The molecule has 1 aromatic heterocycles. The third-order valence-corrected chi connectivity index (χ3v) is 8.69. The van der Waals surface area contributed by atoms with Crippen LogP contribution < -0.4 is 5.32 Å². The average molecular weight is 522 g/mol. The highest BCUT2D eigenvalue weighted by atomic mass is 32.1. The first-order valence-electron chi connectivity index (χ1n) is 12.7. The second kappa shape index (κ2) is 12.6. The summed E-state index contributed by atoms with van der Waals surface area (Å²) in [6.07, 6.45) is 5.23. The number of thiazole rings is 1. The van der Waals surface area contributed by atoms with E-state index in [1.807, 2.05) is 29.6 Å². The molecular weight excluding hydrogens is 486 g/mol. The number of carbonyl (C=O) groups excluding carboxylic acids is 1. The Bertz CT molecular complexity index is 1170. The van der Waals surface area contributed by atoms with Gasteiger partial charge in [0.15, 0.2) is 0 Å². The van der Waals surface area contributed by atoms with Crippen LogP contribution in [0.3, 0.4) is 0 Å². The number of aryl methyl sites for hydroxylation is 1. The van der Waals surface area contributed by atoms with Crippen LogP contribution in [-0.2, 0) is 11.2 Å². The summed E-state index contributed by atoms with van der Waals surface area (Å²) in [6, 6.07) is 16.4. The van der Waals surface area contributed by atoms with Gasteiger partial charge in [-0.1, -0.05) is 61.6 Å². The van der Waals surface area contributed by atoms with E-state index in [0.29, 0.717) is 24.1 Å². The molecule has 0 spiro atoms. The molecule has 1 fully saturated rings. The summed E-state index contributed by atoms with van der Waals surface area (Å²) in [5, 5.41) is 6.04. The number of likely N-dealkylation sites (N-methyl/N-ethyl adjacent to an activating group) is 1. The Kier molecular flexibility index (Phi) is 9.24. The quantitative estimate of drug-likeness (QED) is 0.314. The van der Waals surface area contributed by atoms with Crippen LogP contribution in [0.25, 0.3) is 11.1 Å². The molecular formula is C29H35N3O2S2. The largest absolute Gasteiger partial charge is 0.383 e. The number of ether oxygens (including phenoxy) is 1. The molecule has 36 heavy (non-hydrogen) atoms. The molecule has 1 N–H and O–H groups in total. The zero-order valence-corrected chi connectivity index (χ0v) is 23.0. The van der Waals surface area contributed by atoms with Crippen molar-refractivity contribution in [3.8, 4) is 11.1 Å². The Labute approximate surface area is 223 Å². The highest BCUT2D eigenvalue weighted by Crippen LogP contribution is 2.38. The number of amides is 1. The fourth-order valence-electron chi connectivity index (χ4n) is 4.77. The maximum Gasteiger partial charge on any atom is 0.275 e. The smallest absolute Gasteiger partial charge is 0.275 e. The molecule has 1 heterocycles. The third-order valence-electron chi connectivity index (χ3n) is 7.04. The molecule has 0 radical (unpaired) electrons. The molecule has 2 aromatic carbocycles. The van der Waals surface area contributed by atoms with E-state index < -0.39 is 0 Å². The van der Waals surface area contributed by atoms with Crippen LogP contribution in [0.2, 0.25) is 0 Å². The molecule has 1 aliphatic rings. The van der Waals surface area contributed by atoms with E-state index in [4.69, 9.17) is 21.9 Å². The van der Waals surface area contributed by atoms with Gasteiger partial charge >= 0.3 is 0 Å². The predicted molar refractivity (Wildman–Crippen MR) is 153 cm³/mol. The van der Waals surface area contributed by atoms with E-state index in [1.54, 1.807) is 18.4 Å². The van der Waals surface area contributed by atoms with E-state index in [9.17, 15) is 4.79 Å². The minimum atomic E-state index is -0.162. The number of carbonyl (C=O) groups is 1. The standard InChI is InChI=1S/C29H35N3O2S2/c1-4-20-9-11-21(12-10-20)24-7-5-6-8-25(24)30-27(33)26-19-36-28(31-26)22-13-15-23(16-14-22)29(35)32(2)17-18-34-3/h5-12,19,22-23H,4,13-18H2,1-3H3,(H,30,33). The zero-order valence-electron chi connectivity index (χ0n) is 21.3. The first-order valence-corrected chi connectivity index (χ1v) is 14.0. The predicted octanol–water partition coefficient (Wildman–Crippen LogP) is 6.80. The number of aromatic nitrogens is 1. The average Bonchev–Trinajstić information content (AvgIpc) is 3.42. The first kappa shape index (κ1) is 26.5. The van der Waals surface area contributed by atoms with Crippen molar-refractivity contribution in [2.75, 3.05) is 32.6 Å². The Morgan fingerprint density at radius 1 is 1.14 bits per heavy atom. The highest BCUT2D eigenvalue weighted by Gasteiger charge is 2.28. The third kappa shape index (κ3) is 6.38. The van der Waals surface area contributed by atoms with Gasteiger partial charge in [0.05, 0.1) is 16.6 Å². The van der Waals surface area contributed by atoms with Crippen molar-refractivity contribution in [1.82, 2.24) is 9.88 Å². The Morgan fingerprint density at radius 3 is 2.56 bits per heavy atom. The number of thiocarbonyl (C=S) groups is 1. The molecule has 0 saturated heterocycles. The number of methoxy groups -OCH3 is 1. The molecule has 7 heteroatoms. The Hall–Kier alpha value is -2.61. The lowest BCUT2D eigenvalue weighted by atomic mass is 9.82. The number of hydrogen-bond donors (Lipinski definition) is 1. The van der Waals surface area contributed by atoms with E-state index >= 15 is 0 Å². The van der Waals surface area contributed by atoms with Gasteiger partial charge in [-0.25, -0.2) is 4.98 Å². The van der Waals surface area contributed by atoms with Crippen molar-refractivity contribution in [2.45, 2.75) is 44.9 Å². The summed E-state index contributed by atoms with van der Waals surface area (Å²) < 4.78 is 5.18. The second-order valence-corrected chi connectivity index (χ2v) is 10.7. The lowest BCUT2D eigenvalue weighted by Gasteiger charge is -2.32. The van der Waals surface area contributed by atoms with Gasteiger partial charge in [-0.15, -0.1) is 11.3 Å². The number of anilines is 1. The fourth-order valence-corrected chi connectivity index (χ4v) is 6.07. The lowest BCUT2D eigenvalue weighted by molar-refractivity contribution is 0.102. The first-order chi connectivity index (χ1) is 17.5. The summed E-state index contributed by atoms with van der Waals surface area (Å²) in [4.78, 5) is 21.0. The number of benzene rings is 2. The molecule has 3 aromatic rings. The number of hydrogen-bond acceptors (Lipinski definition) is 5. The van der Waals surface area contributed by atoms with Crippen molar-refractivity contribution in [1.29, 1.82) is 0 Å². The van der Waals surface area contributed by atoms with Crippen molar-refractivity contribution in [2.24, 2.45) is 5.92 Å². The maximum absolute atomic E-state index is 13.1. The van der Waals surface area contributed by atoms with Gasteiger partial charge in [0, 0.05) is 49.2 Å². The molecule has 0 aliphatic heterocycles. The van der Waals surface area contributed by atoms with Crippen LogP contribution in [0.15, 0.2) is 53.9 Å². The highest BCUT2D eigenvalue weighted by molar-refractivity contribution is 7.80. The van der Waals surface area contributed by atoms with E-state index in [-0.39, 0.29) is 5.91 Å². The van der Waals surface area contributed by atoms with Gasteiger partial charge < -0.3 is 15.0 Å². The normalized spacial score (nSPS) is 17.5. The lowest BCUT2D eigenvalue weighted by Crippen LogP contribution is -2.35. The molecule has 0 unspecified atom stereocenters. The fraction of sp³-hybridized carbons (Fsp3) is 0.414. The molecule has 0 atom stereocenters. The van der Waals surface area contributed by atoms with Crippen molar-refractivity contribution in [3.05, 3.63) is 70.2 Å². The molecule has 1 saturated carbocycles. The number of rotatable bonds is 9. The van der Waals surface area contributed by atoms with Gasteiger partial charge in [-0.2, -0.15) is 0 Å². The van der Waals surface area contributed by atoms with Crippen LogP contribution in [0.4, 0.5) is 5.69 Å².